The fraction of sp³-hybridized carbons (Fsp3) is 0.521. The zero-order valence-corrected chi connectivity index (χ0v) is 39.0. The fourth-order valence-corrected chi connectivity index (χ4v) is 10.7. The van der Waals surface area contributed by atoms with Gasteiger partial charge in [0.25, 0.3) is 17.4 Å². The molecule has 346 valence electrons. The lowest BCUT2D eigenvalue weighted by molar-refractivity contribution is -0.125. The molecular formula is C48H61ClN10O6. The number of pyridine rings is 1. The first-order valence-electron chi connectivity index (χ1n) is 22.8. The first-order chi connectivity index (χ1) is 31.2. The Balaban J connectivity index is 0.866. The highest BCUT2D eigenvalue weighted by Crippen LogP contribution is 2.57. The average Bonchev–Trinajstić information content (AvgIpc) is 3.63. The van der Waals surface area contributed by atoms with Gasteiger partial charge in [0.05, 0.1) is 11.7 Å². The molecule has 3 amide bonds. The molecule has 1 atom stereocenters. The van der Waals surface area contributed by atoms with Crippen molar-refractivity contribution in [2.24, 2.45) is 11.3 Å². The number of amides is 3. The Morgan fingerprint density at radius 3 is 2.40 bits per heavy atom. The molecule has 1 aliphatic carbocycles. The quantitative estimate of drug-likeness (QED) is 0.127. The predicted octanol–water partition coefficient (Wildman–Crippen LogP) is 5.54. The molecule has 2 aromatic heterocycles. The van der Waals surface area contributed by atoms with E-state index in [-0.39, 0.29) is 53.6 Å². The van der Waals surface area contributed by atoms with Crippen LogP contribution in [0.2, 0.25) is 5.02 Å². The van der Waals surface area contributed by atoms with E-state index in [2.05, 4.69) is 55.5 Å². The molecule has 2 aromatic carbocycles. The number of hydrogen-bond donors (Lipinski definition) is 3. The third kappa shape index (κ3) is 8.99. The molecule has 0 bridgehead atoms. The maximum atomic E-state index is 13.6. The number of piperazine rings is 1. The minimum Gasteiger partial charge on any atom is -0.478 e. The Bertz CT molecular complexity index is 2520. The summed E-state index contributed by atoms with van der Waals surface area (Å²) in [6, 6.07) is 12.4. The fourth-order valence-electron chi connectivity index (χ4n) is 10.5. The van der Waals surface area contributed by atoms with Crippen molar-refractivity contribution in [1.82, 2.24) is 35.0 Å². The van der Waals surface area contributed by atoms with E-state index >= 15 is 0 Å². The lowest BCUT2D eigenvalue weighted by Gasteiger charge is -2.60. The summed E-state index contributed by atoms with van der Waals surface area (Å²) >= 11 is 6.66. The number of aromatic nitrogens is 3. The first kappa shape index (κ1) is 45.8. The SMILES string of the molecule is CNC(=O)COc1cc2cc(Nc3nc(N4CCC5(CC4)CC(C(C)(C)N4CCN(c6cccc7c6CN(C(CCC=O)C(=O)NC)C7=O)CC4)C5)ncc3Cl)ccc2n(C(C)C)c1=O. The van der Waals surface area contributed by atoms with Crippen LogP contribution in [0.5, 0.6) is 5.75 Å². The number of benzene rings is 2. The molecule has 5 heterocycles. The third-order valence-corrected chi connectivity index (χ3v) is 14.8. The van der Waals surface area contributed by atoms with E-state index in [1.54, 1.807) is 28.8 Å². The maximum absolute atomic E-state index is 13.6. The Kier molecular flexibility index (Phi) is 13.1. The zero-order chi connectivity index (χ0) is 46.2. The van der Waals surface area contributed by atoms with Crippen LogP contribution in [-0.2, 0) is 20.9 Å². The Morgan fingerprint density at radius 2 is 1.72 bits per heavy atom. The van der Waals surface area contributed by atoms with E-state index in [0.29, 0.717) is 46.7 Å². The van der Waals surface area contributed by atoms with Crippen molar-refractivity contribution in [2.75, 3.05) is 75.1 Å². The number of likely N-dealkylation sites (N-methyl/N-ethyl adjacent to an activating group) is 2. The van der Waals surface area contributed by atoms with Crippen molar-refractivity contribution in [1.29, 1.82) is 0 Å². The number of hydrogen-bond acceptors (Lipinski definition) is 12. The van der Waals surface area contributed by atoms with Crippen LogP contribution in [0.15, 0.2) is 53.5 Å². The van der Waals surface area contributed by atoms with E-state index < -0.39 is 6.04 Å². The molecule has 2 saturated heterocycles. The van der Waals surface area contributed by atoms with Crippen molar-refractivity contribution < 1.29 is 23.9 Å². The molecule has 16 nitrogen and oxygen atoms in total. The van der Waals surface area contributed by atoms with Crippen molar-refractivity contribution in [2.45, 2.75) is 90.4 Å². The topological polar surface area (TPSA) is 174 Å². The van der Waals surface area contributed by atoms with Gasteiger partial charge < -0.3 is 44.7 Å². The number of nitrogens with one attached hydrogen (secondary N) is 3. The summed E-state index contributed by atoms with van der Waals surface area (Å²) in [5.41, 5.74) is 4.16. The molecule has 65 heavy (non-hydrogen) atoms. The van der Waals surface area contributed by atoms with Gasteiger partial charge in [-0.05, 0) is 108 Å². The number of nitrogens with zero attached hydrogens (tertiary/aromatic N) is 7. The van der Waals surface area contributed by atoms with Gasteiger partial charge in [-0.2, -0.15) is 4.98 Å². The molecule has 3 N–H and O–H groups in total. The van der Waals surface area contributed by atoms with E-state index in [4.69, 9.17) is 21.3 Å². The molecule has 17 heteroatoms. The molecule has 4 aromatic rings. The highest BCUT2D eigenvalue weighted by atomic mass is 35.5. The van der Waals surface area contributed by atoms with Gasteiger partial charge in [0.15, 0.2) is 18.2 Å². The van der Waals surface area contributed by atoms with Gasteiger partial charge in [-0.1, -0.05) is 17.7 Å². The minimum absolute atomic E-state index is 0.0360. The number of rotatable bonds is 15. The number of aldehydes is 1. The summed E-state index contributed by atoms with van der Waals surface area (Å²) in [6.45, 7) is 14.0. The molecule has 1 saturated carbocycles. The van der Waals surface area contributed by atoms with Gasteiger partial charge in [0.1, 0.15) is 17.4 Å². The number of halogens is 1. The summed E-state index contributed by atoms with van der Waals surface area (Å²) in [5.74, 6) is 1.06. The standard InChI is InChI=1S/C48H61ClN10O6/c1-30(2)59-37-13-12-33(23-31(37)24-40(45(59)64)65-29-41(61)50-5)53-42-36(49)27-52-46(54-42)56-16-14-48(15-17-56)25-32(26-48)47(3,4)57-20-18-55(19-21-57)38-10-7-9-34-35(38)28-58(44(34)63)39(11-8-22-60)43(62)51-6/h7,9-10,12-13,22-24,27,30,32,39H,8,11,14-21,25-26,28-29H2,1-6H3,(H,50,61)(H,51,62)(H,52,53,54). The molecule has 4 aliphatic rings. The largest absolute Gasteiger partial charge is 0.478 e. The number of ether oxygens (including phenoxy) is 1. The Hall–Kier alpha value is -5.74. The maximum Gasteiger partial charge on any atom is 0.293 e. The number of carbonyl (C=O) groups is 4. The average molecular weight is 910 g/mol. The molecule has 8 rings (SSSR count). The van der Waals surface area contributed by atoms with Crippen molar-refractivity contribution >= 4 is 69.7 Å². The first-order valence-corrected chi connectivity index (χ1v) is 23.2. The van der Waals surface area contributed by atoms with Crippen LogP contribution in [0.25, 0.3) is 10.9 Å². The third-order valence-electron chi connectivity index (χ3n) is 14.5. The van der Waals surface area contributed by atoms with Crippen molar-refractivity contribution in [3.63, 3.8) is 0 Å². The van der Waals surface area contributed by atoms with Crippen LogP contribution in [0, 0.1) is 11.3 Å². The predicted molar refractivity (Wildman–Crippen MR) is 252 cm³/mol. The lowest BCUT2D eigenvalue weighted by atomic mass is 9.53. The smallest absolute Gasteiger partial charge is 0.293 e. The molecule has 3 fully saturated rings. The molecule has 3 aliphatic heterocycles. The second-order valence-electron chi connectivity index (χ2n) is 18.8. The molecular weight excluding hydrogens is 848 g/mol. The van der Waals surface area contributed by atoms with E-state index in [1.807, 2.05) is 44.2 Å². The summed E-state index contributed by atoms with van der Waals surface area (Å²) in [6.07, 6.45) is 7.46. The highest BCUT2D eigenvalue weighted by Gasteiger charge is 2.53. The molecule has 0 radical (unpaired) electrons. The Labute approximate surface area is 385 Å². The van der Waals surface area contributed by atoms with Crippen LogP contribution in [-0.4, -0.2) is 120 Å². The zero-order valence-electron chi connectivity index (χ0n) is 38.3. The normalized spacial score (nSPS) is 18.2. The van der Waals surface area contributed by atoms with Gasteiger partial charge in [0, 0.05) is 106 Å². The monoisotopic (exact) mass is 908 g/mol. The molecule has 1 unspecified atom stereocenters. The molecule has 1 spiro atoms. The summed E-state index contributed by atoms with van der Waals surface area (Å²) in [7, 11) is 3.08. The van der Waals surface area contributed by atoms with Gasteiger partial charge in [-0.25, -0.2) is 4.98 Å². The van der Waals surface area contributed by atoms with Crippen LogP contribution >= 0.6 is 11.6 Å². The minimum atomic E-state index is -0.687. The summed E-state index contributed by atoms with van der Waals surface area (Å²) in [5, 5.41) is 9.71. The second kappa shape index (κ2) is 18.6. The van der Waals surface area contributed by atoms with Gasteiger partial charge >= 0.3 is 0 Å². The summed E-state index contributed by atoms with van der Waals surface area (Å²) in [4.78, 5) is 81.1. The second-order valence-corrected chi connectivity index (χ2v) is 19.2. The number of piperidine rings is 1. The van der Waals surface area contributed by atoms with Crippen LogP contribution in [0.1, 0.15) is 88.2 Å². The van der Waals surface area contributed by atoms with E-state index in [9.17, 15) is 24.0 Å². The van der Waals surface area contributed by atoms with Gasteiger partial charge in [-0.15, -0.1) is 0 Å². The highest BCUT2D eigenvalue weighted by molar-refractivity contribution is 6.33. The Morgan fingerprint density at radius 1 is 0.985 bits per heavy atom. The van der Waals surface area contributed by atoms with E-state index in [0.717, 1.165) is 86.2 Å². The van der Waals surface area contributed by atoms with Gasteiger partial charge in [-0.3, -0.25) is 24.1 Å². The van der Waals surface area contributed by atoms with Crippen LogP contribution < -0.4 is 36.0 Å². The van der Waals surface area contributed by atoms with Crippen molar-refractivity contribution in [3.05, 3.63) is 75.2 Å². The van der Waals surface area contributed by atoms with Gasteiger partial charge in [0.2, 0.25) is 11.9 Å². The van der Waals surface area contributed by atoms with Crippen LogP contribution in [0.3, 0.4) is 0 Å². The number of anilines is 4. The van der Waals surface area contributed by atoms with E-state index in [1.165, 1.54) is 19.9 Å². The van der Waals surface area contributed by atoms with Crippen molar-refractivity contribution in [3.8, 4) is 5.75 Å². The summed E-state index contributed by atoms with van der Waals surface area (Å²) < 4.78 is 7.30. The van der Waals surface area contributed by atoms with Crippen LogP contribution in [0.4, 0.5) is 23.1 Å². The number of carbonyl (C=O) groups excluding carboxylic acids is 4. The number of fused-ring (bicyclic) bond motifs is 2. The lowest BCUT2D eigenvalue weighted by Crippen LogP contribution is -2.62.